The molecule has 7 heteroatoms. The molecule has 186 valence electrons. The minimum Gasteiger partial charge on any atom is -0.396 e. The van der Waals surface area contributed by atoms with Gasteiger partial charge < -0.3 is 20.8 Å². The second-order valence-corrected chi connectivity index (χ2v) is 12.3. The fraction of sp³-hybridized carbons (Fsp3) is 0.846. The van der Waals surface area contributed by atoms with Gasteiger partial charge in [-0.3, -0.25) is 4.79 Å². The van der Waals surface area contributed by atoms with Crippen molar-refractivity contribution < 1.29 is 15.0 Å². The topological polar surface area (TPSA) is 94.5 Å². The van der Waals surface area contributed by atoms with Crippen LogP contribution in [0.15, 0.2) is 0 Å². The van der Waals surface area contributed by atoms with Crippen molar-refractivity contribution in [3.63, 3.8) is 0 Å². The van der Waals surface area contributed by atoms with E-state index in [2.05, 4.69) is 24.5 Å². The first kappa shape index (κ1) is 24.9. The minimum atomic E-state index is -0.567. The van der Waals surface area contributed by atoms with Gasteiger partial charge in [0, 0.05) is 35.2 Å². The Kier molecular flexibility index (Phi) is 7.71. The predicted octanol–water partition coefficient (Wildman–Crippen LogP) is 4.61. The number of carbonyl (C=O) groups excluding carboxylic acids is 1. The van der Waals surface area contributed by atoms with E-state index in [1.807, 2.05) is 6.92 Å². The van der Waals surface area contributed by atoms with E-state index in [1.54, 1.807) is 11.3 Å². The number of aliphatic hydroxyl groups is 2. The second kappa shape index (κ2) is 10.2. The lowest BCUT2D eigenvalue weighted by Gasteiger charge is -2.58. The van der Waals surface area contributed by atoms with Gasteiger partial charge in [-0.1, -0.05) is 46.5 Å². The zero-order chi connectivity index (χ0) is 23.6. The Morgan fingerprint density at radius 1 is 1.21 bits per heavy atom. The maximum absolute atomic E-state index is 13.3. The number of thiazole rings is 1. The zero-order valence-corrected chi connectivity index (χ0v) is 21.5. The average Bonchev–Trinajstić information content (AvgIpc) is 3.21. The number of hydrogen-bond acceptors (Lipinski definition) is 6. The number of nitrogens with zero attached hydrogens (tertiary/aromatic N) is 1. The van der Waals surface area contributed by atoms with Crippen molar-refractivity contribution in [3.05, 3.63) is 10.6 Å². The number of hydrogen-bond donors (Lipinski definition) is 4. The van der Waals surface area contributed by atoms with Crippen LogP contribution in [0.4, 0.5) is 5.13 Å². The summed E-state index contributed by atoms with van der Waals surface area (Å²) in [6.45, 7) is 7.37. The van der Waals surface area contributed by atoms with Gasteiger partial charge in [-0.05, 0) is 49.9 Å². The van der Waals surface area contributed by atoms with Crippen molar-refractivity contribution in [3.8, 4) is 0 Å². The summed E-state index contributed by atoms with van der Waals surface area (Å²) in [4.78, 5) is 19.5. The molecule has 1 amide bonds. The molecule has 4 N–H and O–H groups in total. The normalized spacial score (nSPS) is 34.4. The van der Waals surface area contributed by atoms with Gasteiger partial charge in [0.1, 0.15) is 0 Å². The lowest BCUT2D eigenvalue weighted by molar-refractivity contribution is -0.144. The molecule has 4 rings (SSSR count). The third-order valence-electron chi connectivity index (χ3n) is 9.06. The van der Waals surface area contributed by atoms with Gasteiger partial charge in [0.15, 0.2) is 5.13 Å². The lowest BCUT2D eigenvalue weighted by atomic mass is 9.47. The van der Waals surface area contributed by atoms with E-state index < -0.39 is 11.5 Å². The maximum Gasteiger partial charge on any atom is 0.220 e. The van der Waals surface area contributed by atoms with Crippen LogP contribution in [-0.2, 0) is 11.2 Å². The number of rotatable bonds is 8. The van der Waals surface area contributed by atoms with Gasteiger partial charge >= 0.3 is 0 Å². The summed E-state index contributed by atoms with van der Waals surface area (Å²) in [5.74, 6) is 0.249. The molecular formula is C26H43N3O3S. The Balaban J connectivity index is 1.63. The van der Waals surface area contributed by atoms with Crippen LogP contribution in [0.3, 0.4) is 0 Å². The molecule has 1 heterocycles. The highest BCUT2D eigenvalue weighted by Gasteiger charge is 2.59. The van der Waals surface area contributed by atoms with Crippen LogP contribution in [0.5, 0.6) is 0 Å². The highest BCUT2D eigenvalue weighted by molar-refractivity contribution is 7.15. The van der Waals surface area contributed by atoms with Gasteiger partial charge in [0.2, 0.25) is 5.91 Å². The zero-order valence-electron chi connectivity index (χ0n) is 20.7. The number of aromatic nitrogens is 1. The van der Waals surface area contributed by atoms with Gasteiger partial charge in [-0.2, -0.15) is 0 Å². The lowest BCUT2D eigenvalue weighted by Crippen LogP contribution is -2.57. The minimum absolute atomic E-state index is 0.00573. The summed E-state index contributed by atoms with van der Waals surface area (Å²) >= 11 is 1.70. The van der Waals surface area contributed by atoms with Crippen molar-refractivity contribution in [2.75, 3.05) is 18.5 Å². The first-order valence-electron chi connectivity index (χ1n) is 13.1. The molecule has 0 radical (unpaired) electrons. The number of amides is 1. The van der Waals surface area contributed by atoms with Gasteiger partial charge in [0.05, 0.1) is 18.4 Å². The summed E-state index contributed by atoms with van der Waals surface area (Å²) in [5.41, 5.74) is 0.332. The number of nitrogens with one attached hydrogen (secondary N) is 2. The van der Waals surface area contributed by atoms with Gasteiger partial charge in [-0.15, -0.1) is 11.3 Å². The monoisotopic (exact) mass is 477 g/mol. The molecule has 1 aromatic rings. The summed E-state index contributed by atoms with van der Waals surface area (Å²) in [6.07, 6.45) is 10.3. The van der Waals surface area contributed by atoms with Crippen LogP contribution < -0.4 is 10.6 Å². The number of aliphatic hydroxyl groups excluding tert-OH is 2. The molecule has 2 fully saturated rings. The van der Waals surface area contributed by atoms with Crippen LogP contribution in [0, 0.1) is 16.7 Å². The van der Waals surface area contributed by atoms with E-state index in [1.165, 1.54) is 24.1 Å². The molecular weight excluding hydrogens is 434 g/mol. The van der Waals surface area contributed by atoms with Gasteiger partial charge in [-0.25, -0.2) is 4.98 Å². The van der Waals surface area contributed by atoms with E-state index in [0.29, 0.717) is 18.9 Å². The fourth-order valence-corrected chi connectivity index (χ4v) is 7.91. The third kappa shape index (κ3) is 4.83. The second-order valence-electron chi connectivity index (χ2n) is 11.2. The van der Waals surface area contributed by atoms with Crippen molar-refractivity contribution in [1.82, 2.24) is 10.3 Å². The molecule has 3 aliphatic carbocycles. The highest BCUT2D eigenvalue weighted by Crippen LogP contribution is 2.62. The van der Waals surface area contributed by atoms with E-state index >= 15 is 0 Å². The fourth-order valence-electron chi connectivity index (χ4n) is 6.81. The summed E-state index contributed by atoms with van der Waals surface area (Å²) in [7, 11) is 0. The van der Waals surface area contributed by atoms with Crippen molar-refractivity contribution >= 4 is 22.4 Å². The number of anilines is 1. The largest absolute Gasteiger partial charge is 0.396 e. The molecule has 5 atom stereocenters. The summed E-state index contributed by atoms with van der Waals surface area (Å²) in [6, 6.07) is 0.301. The molecule has 33 heavy (non-hydrogen) atoms. The van der Waals surface area contributed by atoms with Crippen LogP contribution in [0.25, 0.3) is 0 Å². The van der Waals surface area contributed by atoms with Crippen molar-refractivity contribution in [2.45, 2.75) is 109 Å². The number of fused-ring (bicyclic) bond motifs is 2. The molecule has 0 aromatic carbocycles. The first-order chi connectivity index (χ1) is 15.8. The molecule has 5 unspecified atom stereocenters. The summed E-state index contributed by atoms with van der Waals surface area (Å²) in [5, 5.41) is 29.0. The molecule has 1 aromatic heterocycles. The SMILES string of the molecule is CCCCNc1nc2c(s1)CC1C(C)(CO)C(O)CCC1(C)C2CC(=O)NC1CCCCC1. The smallest absolute Gasteiger partial charge is 0.220 e. The molecule has 0 aliphatic heterocycles. The Bertz CT molecular complexity index is 824. The Labute approximate surface area is 203 Å². The standard InChI is InChI=1S/C26H43N3O3S/c1-4-5-13-27-24-29-23-18(14-22(32)28-17-9-7-6-8-10-17)25(2)12-11-21(31)26(3,16-30)20(25)15-19(23)33-24/h17-18,20-21,30-31H,4-16H2,1-3H3,(H,27,29)(H,28,32). The van der Waals surface area contributed by atoms with Crippen molar-refractivity contribution in [1.29, 1.82) is 0 Å². The molecule has 0 spiro atoms. The van der Waals surface area contributed by atoms with E-state index in [0.717, 1.165) is 55.9 Å². The summed E-state index contributed by atoms with van der Waals surface area (Å²) < 4.78 is 0. The number of unbranched alkanes of at least 4 members (excludes halogenated alkanes) is 1. The first-order valence-corrected chi connectivity index (χ1v) is 13.9. The van der Waals surface area contributed by atoms with E-state index in [9.17, 15) is 15.0 Å². The highest BCUT2D eigenvalue weighted by atomic mass is 32.1. The predicted molar refractivity (Wildman–Crippen MR) is 134 cm³/mol. The van der Waals surface area contributed by atoms with E-state index in [4.69, 9.17) is 4.98 Å². The molecule has 2 saturated carbocycles. The van der Waals surface area contributed by atoms with Gasteiger partial charge in [0.25, 0.3) is 0 Å². The van der Waals surface area contributed by atoms with E-state index in [-0.39, 0.29) is 29.8 Å². The maximum atomic E-state index is 13.3. The molecule has 0 bridgehead atoms. The molecule has 6 nitrogen and oxygen atoms in total. The van der Waals surface area contributed by atoms with Crippen LogP contribution in [0.2, 0.25) is 0 Å². The van der Waals surface area contributed by atoms with Crippen LogP contribution in [-0.4, -0.2) is 46.4 Å². The molecule has 0 saturated heterocycles. The Morgan fingerprint density at radius 3 is 2.67 bits per heavy atom. The van der Waals surface area contributed by atoms with Crippen molar-refractivity contribution in [2.24, 2.45) is 16.7 Å². The molecule has 3 aliphatic rings. The van der Waals surface area contributed by atoms with Crippen LogP contribution >= 0.6 is 11.3 Å². The Morgan fingerprint density at radius 2 is 1.97 bits per heavy atom. The quantitative estimate of drug-likeness (QED) is 0.410. The Hall–Kier alpha value is -1.18. The number of carbonyl (C=O) groups is 1. The van der Waals surface area contributed by atoms with Crippen LogP contribution in [0.1, 0.15) is 101 Å². The third-order valence-corrected chi connectivity index (χ3v) is 10.1. The average molecular weight is 478 g/mol.